The fourth-order valence-electron chi connectivity index (χ4n) is 1.57. The van der Waals surface area contributed by atoms with Crippen molar-refractivity contribution in [1.82, 2.24) is 5.32 Å². The fraction of sp³-hybridized carbons (Fsp3) is 0.818. The van der Waals surface area contributed by atoms with E-state index in [0.717, 1.165) is 19.3 Å². The van der Waals surface area contributed by atoms with E-state index in [2.05, 4.69) is 18.8 Å². The molecule has 1 rings (SSSR count). The molecule has 2 N–H and O–H groups in total. The van der Waals surface area contributed by atoms with E-state index in [4.69, 9.17) is 4.74 Å². The van der Waals surface area contributed by atoms with Gasteiger partial charge in [-0.05, 0) is 19.8 Å². The Morgan fingerprint density at radius 3 is 3.07 bits per heavy atom. The molecule has 82 valence electrons. The van der Waals surface area contributed by atoms with Crippen molar-refractivity contribution >= 4 is 0 Å². The third-order valence-electron chi connectivity index (χ3n) is 2.67. The summed E-state index contributed by atoms with van der Waals surface area (Å²) in [4.78, 5) is 0. The van der Waals surface area contributed by atoms with Crippen LogP contribution in [-0.2, 0) is 4.74 Å². The monoisotopic (exact) mass is 199 g/mol. The molecular formula is C11H21NO2. The van der Waals surface area contributed by atoms with Crippen LogP contribution in [0.2, 0.25) is 0 Å². The quantitative estimate of drug-likeness (QED) is 0.629. The molecule has 0 amide bonds. The molecule has 2 unspecified atom stereocenters. The average Bonchev–Trinajstić information content (AvgIpc) is 2.60. The highest BCUT2D eigenvalue weighted by molar-refractivity contribution is 4.86. The second-order valence-electron chi connectivity index (χ2n) is 4.17. The van der Waals surface area contributed by atoms with Crippen LogP contribution in [0.3, 0.4) is 0 Å². The summed E-state index contributed by atoms with van der Waals surface area (Å²) in [6, 6.07) is 0.428. The van der Waals surface area contributed by atoms with Gasteiger partial charge in [0.25, 0.3) is 0 Å². The molecule has 0 spiro atoms. The Morgan fingerprint density at radius 1 is 1.71 bits per heavy atom. The number of ether oxygens (including phenoxy) is 1. The summed E-state index contributed by atoms with van der Waals surface area (Å²) >= 11 is 0. The zero-order chi connectivity index (χ0) is 10.4. The largest absolute Gasteiger partial charge is 0.386 e. The van der Waals surface area contributed by atoms with Gasteiger partial charge in [0.15, 0.2) is 0 Å². The highest BCUT2D eigenvalue weighted by atomic mass is 16.5. The maximum atomic E-state index is 9.96. The first-order valence-corrected chi connectivity index (χ1v) is 5.31. The van der Waals surface area contributed by atoms with E-state index < -0.39 is 5.60 Å². The van der Waals surface area contributed by atoms with Crippen LogP contribution >= 0.6 is 0 Å². The summed E-state index contributed by atoms with van der Waals surface area (Å²) in [7, 11) is 0. The molecule has 3 nitrogen and oxygen atoms in total. The van der Waals surface area contributed by atoms with Gasteiger partial charge in [-0.1, -0.05) is 6.08 Å². The third-order valence-corrected chi connectivity index (χ3v) is 2.67. The Morgan fingerprint density at radius 2 is 2.50 bits per heavy atom. The Balaban J connectivity index is 2.15. The number of nitrogens with one attached hydrogen (secondary N) is 1. The van der Waals surface area contributed by atoms with Gasteiger partial charge in [-0.2, -0.15) is 0 Å². The zero-order valence-corrected chi connectivity index (χ0v) is 8.96. The predicted octanol–water partition coefficient (Wildman–Crippen LogP) is 1.08. The summed E-state index contributed by atoms with van der Waals surface area (Å²) in [6.07, 6.45) is 4.75. The minimum atomic E-state index is -0.636. The molecule has 14 heavy (non-hydrogen) atoms. The van der Waals surface area contributed by atoms with E-state index in [1.807, 2.05) is 6.08 Å². The van der Waals surface area contributed by atoms with Gasteiger partial charge in [-0.3, -0.25) is 0 Å². The van der Waals surface area contributed by atoms with Gasteiger partial charge in [0.05, 0.1) is 6.61 Å². The summed E-state index contributed by atoms with van der Waals surface area (Å²) in [5, 5.41) is 13.3. The zero-order valence-electron chi connectivity index (χ0n) is 8.96. The van der Waals surface area contributed by atoms with Crippen molar-refractivity contribution in [2.45, 2.75) is 37.8 Å². The highest BCUT2D eigenvalue weighted by Gasteiger charge is 2.31. The van der Waals surface area contributed by atoms with Crippen molar-refractivity contribution in [2.24, 2.45) is 0 Å². The third kappa shape index (κ3) is 3.78. The van der Waals surface area contributed by atoms with E-state index in [0.29, 0.717) is 25.8 Å². The van der Waals surface area contributed by atoms with Crippen LogP contribution in [0, 0.1) is 0 Å². The van der Waals surface area contributed by atoms with Crippen molar-refractivity contribution in [3.05, 3.63) is 12.7 Å². The van der Waals surface area contributed by atoms with Gasteiger partial charge in [-0.15, -0.1) is 6.58 Å². The molecule has 0 aromatic heterocycles. The van der Waals surface area contributed by atoms with Crippen LogP contribution in [-0.4, -0.2) is 36.5 Å². The smallest absolute Gasteiger partial charge is 0.102 e. The molecule has 0 aromatic carbocycles. The minimum absolute atomic E-state index is 0.428. The average molecular weight is 199 g/mol. The molecule has 1 saturated heterocycles. The molecular weight excluding hydrogens is 178 g/mol. The van der Waals surface area contributed by atoms with Gasteiger partial charge in [0.1, 0.15) is 5.60 Å². The number of hydrogen-bond acceptors (Lipinski definition) is 3. The summed E-state index contributed by atoms with van der Waals surface area (Å²) < 4.78 is 5.17. The second-order valence-corrected chi connectivity index (χ2v) is 4.17. The maximum Gasteiger partial charge on any atom is 0.102 e. The van der Waals surface area contributed by atoms with Crippen molar-refractivity contribution in [3.8, 4) is 0 Å². The summed E-state index contributed by atoms with van der Waals surface area (Å²) in [5.41, 5.74) is -0.636. The summed E-state index contributed by atoms with van der Waals surface area (Å²) in [6.45, 7) is 7.59. The van der Waals surface area contributed by atoms with Crippen LogP contribution in [0.25, 0.3) is 0 Å². The minimum Gasteiger partial charge on any atom is -0.386 e. The number of hydrogen-bond donors (Lipinski definition) is 2. The Kier molecular flexibility index (Phi) is 4.58. The van der Waals surface area contributed by atoms with Gasteiger partial charge in [0, 0.05) is 25.6 Å². The number of aliphatic hydroxyl groups is 1. The van der Waals surface area contributed by atoms with Gasteiger partial charge >= 0.3 is 0 Å². The van der Waals surface area contributed by atoms with Gasteiger partial charge in [0.2, 0.25) is 0 Å². The van der Waals surface area contributed by atoms with E-state index in [-0.39, 0.29) is 0 Å². The topological polar surface area (TPSA) is 41.5 Å². The number of rotatable bonds is 6. The molecule has 1 heterocycles. The fourth-order valence-corrected chi connectivity index (χ4v) is 1.57. The maximum absolute atomic E-state index is 9.96. The van der Waals surface area contributed by atoms with Crippen LogP contribution < -0.4 is 5.32 Å². The molecule has 0 radical (unpaired) electrons. The van der Waals surface area contributed by atoms with Crippen LogP contribution in [0.5, 0.6) is 0 Å². The Labute approximate surface area is 86.2 Å². The molecule has 2 atom stereocenters. The molecule has 0 bridgehead atoms. The Hall–Kier alpha value is -0.380. The lowest BCUT2D eigenvalue weighted by Crippen LogP contribution is -2.44. The molecule has 3 heteroatoms. The Bertz CT molecular complexity index is 176. The molecule has 1 aliphatic rings. The SMILES string of the molecule is C=CCCC(C)NCC1(O)CCOC1. The first kappa shape index (κ1) is 11.7. The lowest BCUT2D eigenvalue weighted by atomic mass is 10.0. The highest BCUT2D eigenvalue weighted by Crippen LogP contribution is 2.17. The van der Waals surface area contributed by atoms with Crippen molar-refractivity contribution in [1.29, 1.82) is 0 Å². The first-order valence-electron chi connectivity index (χ1n) is 5.31. The predicted molar refractivity (Wildman–Crippen MR) is 57.3 cm³/mol. The van der Waals surface area contributed by atoms with Gasteiger partial charge < -0.3 is 15.2 Å². The molecule has 1 aliphatic heterocycles. The number of allylic oxidation sites excluding steroid dienone is 1. The van der Waals surface area contributed by atoms with Gasteiger partial charge in [-0.25, -0.2) is 0 Å². The van der Waals surface area contributed by atoms with Crippen molar-refractivity contribution in [3.63, 3.8) is 0 Å². The van der Waals surface area contributed by atoms with E-state index >= 15 is 0 Å². The first-order chi connectivity index (χ1) is 6.66. The van der Waals surface area contributed by atoms with E-state index in [1.54, 1.807) is 0 Å². The lowest BCUT2D eigenvalue weighted by Gasteiger charge is -2.23. The molecule has 0 aromatic rings. The van der Waals surface area contributed by atoms with Crippen LogP contribution in [0.15, 0.2) is 12.7 Å². The van der Waals surface area contributed by atoms with E-state index in [1.165, 1.54) is 0 Å². The molecule has 1 fully saturated rings. The normalized spacial score (nSPS) is 29.0. The molecule has 0 aliphatic carbocycles. The van der Waals surface area contributed by atoms with Crippen LogP contribution in [0.4, 0.5) is 0 Å². The van der Waals surface area contributed by atoms with Crippen LogP contribution in [0.1, 0.15) is 26.2 Å². The second kappa shape index (κ2) is 5.49. The lowest BCUT2D eigenvalue weighted by molar-refractivity contribution is 0.0250. The summed E-state index contributed by atoms with van der Waals surface area (Å²) in [5.74, 6) is 0. The van der Waals surface area contributed by atoms with Crippen molar-refractivity contribution < 1.29 is 9.84 Å². The van der Waals surface area contributed by atoms with E-state index in [9.17, 15) is 5.11 Å². The van der Waals surface area contributed by atoms with Crippen molar-refractivity contribution in [2.75, 3.05) is 19.8 Å². The molecule has 0 saturated carbocycles. The standard InChI is InChI=1S/C11H21NO2/c1-3-4-5-10(2)12-8-11(13)6-7-14-9-11/h3,10,12-13H,1,4-9H2,2H3.